The van der Waals surface area contributed by atoms with Crippen LogP contribution in [0, 0.1) is 5.41 Å². The van der Waals surface area contributed by atoms with Crippen molar-refractivity contribution < 1.29 is 23.8 Å². The number of aldehydes is 1. The lowest BCUT2D eigenvalue weighted by Gasteiger charge is -2.47. The number of amides is 1. The lowest BCUT2D eigenvalue weighted by atomic mass is 9.79. The van der Waals surface area contributed by atoms with Gasteiger partial charge in [-0.3, -0.25) is 14.5 Å². The molecule has 9 nitrogen and oxygen atoms in total. The molecule has 0 radical (unpaired) electrons. The Bertz CT molecular complexity index is 1970. The van der Waals surface area contributed by atoms with E-state index in [0.29, 0.717) is 29.2 Å². The van der Waals surface area contributed by atoms with Gasteiger partial charge in [0.25, 0.3) is 0 Å². The number of pyridine rings is 1. The number of rotatable bonds is 9. The Morgan fingerprint density at radius 1 is 0.935 bits per heavy atom. The van der Waals surface area contributed by atoms with Gasteiger partial charge in [-0.05, 0) is 29.8 Å². The number of carbonyl (C=O) groups is 2. The number of likely N-dealkylation sites (tertiary alicyclic amines) is 1. The molecule has 46 heavy (non-hydrogen) atoms. The smallest absolute Gasteiger partial charge is 0.224 e. The molecule has 3 aromatic carbocycles. The van der Waals surface area contributed by atoms with Gasteiger partial charge in [0.15, 0.2) is 6.29 Å². The number of nitrogens with zero attached hydrogens (tertiary/aromatic N) is 3. The highest BCUT2D eigenvalue weighted by Gasteiger charge is 2.48. The minimum atomic E-state index is 0.0477. The number of carbonyl (C=O) groups excluding carboxylic acids is 2. The van der Waals surface area contributed by atoms with Gasteiger partial charge in [-0.1, -0.05) is 41.9 Å². The first kappa shape index (κ1) is 29.8. The maximum Gasteiger partial charge on any atom is 0.224 e. The van der Waals surface area contributed by atoms with Gasteiger partial charge in [0, 0.05) is 72.9 Å². The van der Waals surface area contributed by atoms with Crippen molar-refractivity contribution in [2.24, 2.45) is 5.41 Å². The Balaban J connectivity index is 1.23. The van der Waals surface area contributed by atoms with Crippen LogP contribution < -0.4 is 19.5 Å². The largest absolute Gasteiger partial charge is 0.496 e. The number of hydrogen-bond donors (Lipinski definition) is 1. The monoisotopic (exact) mass is 636 g/mol. The molecular weight excluding hydrogens is 604 g/mol. The standard InChI is InChI=1S/C36H33ClN4O5/c1-44-31-14-23(15-32(45-2)28(31)17-40-20-36(21-40)16-33(43)38-19-36)41-13-12-25-24(6-5-9-30(25)41)26-7-4-8-27(34(26)37)29-11-10-22(18-42)35(39-29)46-3/h4-15,18H,16-17,19-21H2,1-3H3,(H,38,43). The lowest BCUT2D eigenvalue weighted by molar-refractivity contribution is -0.120. The Morgan fingerprint density at radius 2 is 1.65 bits per heavy atom. The molecule has 0 aliphatic carbocycles. The molecule has 0 bridgehead atoms. The minimum Gasteiger partial charge on any atom is -0.496 e. The van der Waals surface area contributed by atoms with Crippen molar-refractivity contribution in [2.45, 2.75) is 13.0 Å². The van der Waals surface area contributed by atoms with E-state index in [1.54, 1.807) is 26.4 Å². The van der Waals surface area contributed by atoms with Crippen LogP contribution in [0.15, 0.2) is 72.9 Å². The summed E-state index contributed by atoms with van der Waals surface area (Å²) in [6.45, 7) is 3.14. The van der Waals surface area contributed by atoms with Crippen LogP contribution in [0.3, 0.4) is 0 Å². The van der Waals surface area contributed by atoms with Gasteiger partial charge in [0.1, 0.15) is 11.5 Å². The Kier molecular flexibility index (Phi) is 7.66. The van der Waals surface area contributed by atoms with Crippen LogP contribution in [0.2, 0.25) is 5.02 Å². The Hall–Kier alpha value is -4.86. The quantitative estimate of drug-likeness (QED) is 0.193. The van der Waals surface area contributed by atoms with Crippen molar-refractivity contribution in [3.05, 3.63) is 89.1 Å². The summed E-state index contributed by atoms with van der Waals surface area (Å²) in [7, 11) is 4.84. The second kappa shape index (κ2) is 11.8. The molecule has 4 heterocycles. The van der Waals surface area contributed by atoms with Crippen molar-refractivity contribution in [2.75, 3.05) is 41.0 Å². The van der Waals surface area contributed by atoms with Crippen molar-refractivity contribution in [3.63, 3.8) is 0 Å². The molecular formula is C36H33ClN4O5. The van der Waals surface area contributed by atoms with Gasteiger partial charge in [-0.25, -0.2) is 4.98 Å². The predicted molar refractivity (Wildman–Crippen MR) is 177 cm³/mol. The van der Waals surface area contributed by atoms with Gasteiger partial charge < -0.3 is 24.1 Å². The van der Waals surface area contributed by atoms with E-state index in [1.165, 1.54) is 7.11 Å². The first-order valence-corrected chi connectivity index (χ1v) is 15.4. The Labute approximate surface area is 271 Å². The minimum absolute atomic E-state index is 0.0477. The van der Waals surface area contributed by atoms with Crippen LogP contribution in [0.25, 0.3) is 39.0 Å². The van der Waals surface area contributed by atoms with E-state index in [2.05, 4.69) is 38.0 Å². The molecule has 0 saturated carbocycles. The Morgan fingerprint density at radius 3 is 2.33 bits per heavy atom. The van der Waals surface area contributed by atoms with Crippen LogP contribution in [0.4, 0.5) is 0 Å². The van der Waals surface area contributed by atoms with Gasteiger partial charge in [-0.15, -0.1) is 0 Å². The van der Waals surface area contributed by atoms with E-state index < -0.39 is 0 Å². The van der Waals surface area contributed by atoms with Gasteiger partial charge in [-0.2, -0.15) is 0 Å². The van der Waals surface area contributed by atoms with Gasteiger partial charge >= 0.3 is 0 Å². The molecule has 2 aliphatic rings. The highest BCUT2D eigenvalue weighted by atomic mass is 35.5. The molecule has 0 atom stereocenters. The number of methoxy groups -OCH3 is 3. The van der Waals surface area contributed by atoms with Gasteiger partial charge in [0.2, 0.25) is 11.8 Å². The number of fused-ring (bicyclic) bond motifs is 1. The van der Waals surface area contributed by atoms with E-state index in [4.69, 9.17) is 25.8 Å². The fourth-order valence-electron chi connectivity index (χ4n) is 6.90. The highest BCUT2D eigenvalue weighted by molar-refractivity contribution is 6.36. The summed E-state index contributed by atoms with van der Waals surface area (Å²) >= 11 is 7.06. The summed E-state index contributed by atoms with van der Waals surface area (Å²) in [5.41, 5.74) is 6.48. The molecule has 0 unspecified atom stereocenters. The number of nitrogens with one attached hydrogen (secondary N) is 1. The zero-order valence-corrected chi connectivity index (χ0v) is 26.6. The van der Waals surface area contributed by atoms with E-state index in [1.807, 2.05) is 42.6 Å². The maximum atomic E-state index is 11.8. The normalized spacial score (nSPS) is 15.5. The molecule has 2 fully saturated rings. The first-order valence-electron chi connectivity index (χ1n) is 15.0. The SMILES string of the molecule is COc1cc(-n2ccc3c(-c4cccc(-c5ccc(C=O)c(OC)n5)c4Cl)cccc32)cc(OC)c1CN1CC2(CNC(=O)C2)C1. The summed E-state index contributed by atoms with van der Waals surface area (Å²) in [5.74, 6) is 1.88. The molecule has 2 aromatic heterocycles. The van der Waals surface area contributed by atoms with E-state index in [-0.39, 0.29) is 17.2 Å². The van der Waals surface area contributed by atoms with E-state index in [9.17, 15) is 9.59 Å². The molecule has 7 rings (SSSR count). The predicted octanol–water partition coefficient (Wildman–Crippen LogP) is 6.17. The summed E-state index contributed by atoms with van der Waals surface area (Å²) in [6, 6.07) is 21.6. The maximum absolute atomic E-state index is 11.8. The lowest BCUT2D eigenvalue weighted by Crippen LogP contribution is -2.56. The van der Waals surface area contributed by atoms with Gasteiger partial charge in [0.05, 0.1) is 54.4 Å². The molecule has 2 saturated heterocycles. The average molecular weight is 637 g/mol. The number of benzene rings is 3. The number of halogens is 1. The number of aromatic nitrogens is 2. The third kappa shape index (κ3) is 5.05. The third-order valence-corrected chi connectivity index (χ3v) is 9.48. The van der Waals surface area contributed by atoms with Crippen LogP contribution in [-0.2, 0) is 11.3 Å². The molecule has 1 amide bonds. The molecule has 234 valence electrons. The zero-order valence-electron chi connectivity index (χ0n) is 25.8. The second-order valence-electron chi connectivity index (χ2n) is 11.9. The summed E-state index contributed by atoms with van der Waals surface area (Å²) in [5, 5.41) is 4.55. The average Bonchev–Trinajstić information content (AvgIpc) is 3.68. The number of hydrogen-bond acceptors (Lipinski definition) is 7. The summed E-state index contributed by atoms with van der Waals surface area (Å²) in [4.78, 5) is 30.1. The fraction of sp³-hybridized carbons (Fsp3) is 0.250. The van der Waals surface area contributed by atoms with E-state index >= 15 is 0 Å². The van der Waals surface area contributed by atoms with Crippen molar-refractivity contribution in [1.29, 1.82) is 0 Å². The highest BCUT2D eigenvalue weighted by Crippen LogP contribution is 2.43. The molecule has 2 aliphatic heterocycles. The molecule has 1 spiro atoms. The first-order chi connectivity index (χ1) is 22.4. The molecule has 5 aromatic rings. The summed E-state index contributed by atoms with van der Waals surface area (Å²) < 4.78 is 19.2. The number of ether oxygens (including phenoxy) is 3. The van der Waals surface area contributed by atoms with Crippen molar-refractivity contribution in [1.82, 2.24) is 19.8 Å². The topological polar surface area (TPSA) is 94.9 Å². The fourth-order valence-corrected chi connectivity index (χ4v) is 7.22. The van der Waals surface area contributed by atoms with E-state index in [0.717, 1.165) is 76.3 Å². The van der Waals surface area contributed by atoms with Crippen LogP contribution in [-0.4, -0.2) is 67.6 Å². The molecule has 10 heteroatoms. The molecule has 1 N–H and O–H groups in total. The second-order valence-corrected chi connectivity index (χ2v) is 12.3. The van der Waals surface area contributed by atoms with Crippen LogP contribution in [0.5, 0.6) is 17.4 Å². The zero-order chi connectivity index (χ0) is 32.0. The van der Waals surface area contributed by atoms with Crippen molar-refractivity contribution >= 4 is 34.7 Å². The third-order valence-electron chi connectivity index (χ3n) is 9.07. The summed E-state index contributed by atoms with van der Waals surface area (Å²) in [6.07, 6.45) is 3.35. The van der Waals surface area contributed by atoms with Crippen LogP contribution in [0.1, 0.15) is 22.3 Å². The van der Waals surface area contributed by atoms with Crippen LogP contribution >= 0.6 is 11.6 Å². The van der Waals surface area contributed by atoms with Crippen molar-refractivity contribution in [3.8, 4) is 45.5 Å².